The normalized spacial score (nSPS) is 15.9. The van der Waals surface area contributed by atoms with E-state index < -0.39 is 0 Å². The smallest absolute Gasteiger partial charge is 0.226 e. The summed E-state index contributed by atoms with van der Waals surface area (Å²) in [7, 11) is 0. The highest BCUT2D eigenvalue weighted by molar-refractivity contribution is 6.30. The van der Waals surface area contributed by atoms with Gasteiger partial charge in [-0.3, -0.25) is 4.79 Å². The van der Waals surface area contributed by atoms with Crippen molar-refractivity contribution in [2.75, 3.05) is 11.9 Å². The van der Waals surface area contributed by atoms with Crippen LogP contribution in [0.4, 0.5) is 5.82 Å². The van der Waals surface area contributed by atoms with Crippen molar-refractivity contribution >= 4 is 23.3 Å². The molecule has 0 unspecified atom stereocenters. The number of benzene rings is 2. The lowest BCUT2D eigenvalue weighted by atomic mass is 9.87. The van der Waals surface area contributed by atoms with E-state index in [1.165, 1.54) is 0 Å². The Labute approximate surface area is 162 Å². The van der Waals surface area contributed by atoms with E-state index in [9.17, 15) is 4.79 Å². The van der Waals surface area contributed by atoms with Gasteiger partial charge in [0.2, 0.25) is 5.91 Å². The number of carbonyl (C=O) groups excluding carboxylic acids is 1. The first kappa shape index (κ1) is 17.6. The number of aromatic nitrogens is 2. The largest absolute Gasteiger partial charge is 0.493 e. The Bertz CT molecular complexity index is 966. The number of ether oxygens (including phenoxy) is 1. The van der Waals surface area contributed by atoms with Crippen LogP contribution >= 0.6 is 11.6 Å². The van der Waals surface area contributed by atoms with Crippen LogP contribution in [-0.4, -0.2) is 22.3 Å². The standard InChI is InChI=1S/C21H20ClN3O2/c1-2-11-27-19-6-4-3-5-16(19)17-12-20(26)24-21-18(17)13-23-25(21)15-9-7-14(22)8-10-15/h3-10,13,17H,2,11-12H2,1H3,(H,24,26)/t17-/m0/s1. The van der Waals surface area contributed by atoms with Crippen molar-refractivity contribution in [3.05, 3.63) is 70.9 Å². The molecule has 3 aromatic rings. The molecular weight excluding hydrogens is 362 g/mol. The fourth-order valence-corrected chi connectivity index (χ4v) is 3.51. The summed E-state index contributed by atoms with van der Waals surface area (Å²) in [6, 6.07) is 15.3. The lowest BCUT2D eigenvalue weighted by molar-refractivity contribution is -0.116. The molecule has 0 fully saturated rings. The van der Waals surface area contributed by atoms with Gasteiger partial charge in [0, 0.05) is 28.5 Å². The molecule has 4 rings (SSSR count). The van der Waals surface area contributed by atoms with Crippen molar-refractivity contribution < 1.29 is 9.53 Å². The number of rotatable bonds is 5. The summed E-state index contributed by atoms with van der Waals surface area (Å²) < 4.78 is 7.66. The first-order chi connectivity index (χ1) is 13.2. The molecule has 0 spiro atoms. The summed E-state index contributed by atoms with van der Waals surface area (Å²) in [4.78, 5) is 12.5. The Morgan fingerprint density at radius 3 is 2.74 bits per heavy atom. The summed E-state index contributed by atoms with van der Waals surface area (Å²) in [5, 5.41) is 8.15. The summed E-state index contributed by atoms with van der Waals surface area (Å²) in [5.74, 6) is 1.39. The number of nitrogens with one attached hydrogen (secondary N) is 1. The number of hydrogen-bond donors (Lipinski definition) is 1. The van der Waals surface area contributed by atoms with Gasteiger partial charge in [-0.05, 0) is 36.8 Å². The van der Waals surface area contributed by atoms with Crippen molar-refractivity contribution in [2.24, 2.45) is 0 Å². The first-order valence-electron chi connectivity index (χ1n) is 9.02. The Balaban J connectivity index is 1.77. The van der Waals surface area contributed by atoms with Crippen LogP contribution in [0.5, 0.6) is 5.75 Å². The third kappa shape index (κ3) is 3.43. The molecular formula is C21H20ClN3O2. The van der Waals surface area contributed by atoms with Crippen molar-refractivity contribution in [1.29, 1.82) is 0 Å². The predicted octanol–water partition coefficient (Wildman–Crippen LogP) is 4.79. The van der Waals surface area contributed by atoms with E-state index in [-0.39, 0.29) is 11.8 Å². The zero-order valence-corrected chi connectivity index (χ0v) is 15.7. The molecule has 5 nitrogen and oxygen atoms in total. The van der Waals surface area contributed by atoms with Crippen molar-refractivity contribution in [3.63, 3.8) is 0 Å². The summed E-state index contributed by atoms with van der Waals surface area (Å²) >= 11 is 5.99. The molecule has 27 heavy (non-hydrogen) atoms. The van der Waals surface area contributed by atoms with Crippen LogP contribution in [0.2, 0.25) is 5.02 Å². The van der Waals surface area contributed by atoms with Crippen LogP contribution in [0.15, 0.2) is 54.7 Å². The quantitative estimate of drug-likeness (QED) is 0.691. The molecule has 0 saturated heterocycles. The molecule has 0 aliphatic carbocycles. The van der Waals surface area contributed by atoms with E-state index in [1.807, 2.05) is 42.6 Å². The molecule has 2 heterocycles. The Morgan fingerprint density at radius 2 is 1.96 bits per heavy atom. The van der Waals surface area contributed by atoms with Crippen LogP contribution in [0, 0.1) is 0 Å². The van der Waals surface area contributed by atoms with Gasteiger partial charge in [0.25, 0.3) is 0 Å². The maximum atomic E-state index is 12.5. The minimum Gasteiger partial charge on any atom is -0.493 e. The molecule has 2 aromatic carbocycles. The average molecular weight is 382 g/mol. The monoisotopic (exact) mass is 381 g/mol. The van der Waals surface area contributed by atoms with E-state index in [0.29, 0.717) is 23.9 Å². The molecule has 1 amide bonds. The average Bonchev–Trinajstić information content (AvgIpc) is 3.10. The lowest BCUT2D eigenvalue weighted by Gasteiger charge is -2.25. The highest BCUT2D eigenvalue weighted by atomic mass is 35.5. The maximum Gasteiger partial charge on any atom is 0.226 e. The molecule has 0 bridgehead atoms. The second-order valence-electron chi connectivity index (χ2n) is 6.53. The molecule has 1 N–H and O–H groups in total. The first-order valence-corrected chi connectivity index (χ1v) is 9.40. The van der Waals surface area contributed by atoms with Gasteiger partial charge in [-0.1, -0.05) is 36.7 Å². The molecule has 0 radical (unpaired) electrons. The molecule has 1 atom stereocenters. The summed E-state index contributed by atoms with van der Waals surface area (Å²) in [6.45, 7) is 2.72. The zero-order chi connectivity index (χ0) is 18.8. The maximum absolute atomic E-state index is 12.5. The van der Waals surface area contributed by atoms with Gasteiger partial charge in [-0.15, -0.1) is 0 Å². The Morgan fingerprint density at radius 1 is 1.19 bits per heavy atom. The number of para-hydroxylation sites is 1. The molecule has 1 aliphatic heterocycles. The van der Waals surface area contributed by atoms with Gasteiger partial charge in [-0.25, -0.2) is 4.68 Å². The fourth-order valence-electron chi connectivity index (χ4n) is 3.39. The SMILES string of the molecule is CCCOc1ccccc1[C@@H]1CC(=O)Nc2c1cnn2-c1ccc(Cl)cc1. The van der Waals surface area contributed by atoms with E-state index in [2.05, 4.69) is 17.3 Å². The van der Waals surface area contributed by atoms with Gasteiger partial charge in [-0.2, -0.15) is 5.10 Å². The van der Waals surface area contributed by atoms with Gasteiger partial charge >= 0.3 is 0 Å². The number of carbonyl (C=O) groups is 1. The minimum absolute atomic E-state index is 0.0338. The topological polar surface area (TPSA) is 56.1 Å². The second kappa shape index (κ2) is 7.45. The van der Waals surface area contributed by atoms with Crippen LogP contribution in [-0.2, 0) is 4.79 Å². The number of hydrogen-bond acceptors (Lipinski definition) is 3. The van der Waals surface area contributed by atoms with E-state index in [1.54, 1.807) is 16.8 Å². The fraction of sp³-hybridized carbons (Fsp3) is 0.238. The minimum atomic E-state index is -0.0946. The van der Waals surface area contributed by atoms with Crippen molar-refractivity contribution in [1.82, 2.24) is 9.78 Å². The van der Waals surface area contributed by atoms with E-state index in [4.69, 9.17) is 16.3 Å². The Hall–Kier alpha value is -2.79. The molecule has 0 saturated carbocycles. The predicted molar refractivity (Wildman–Crippen MR) is 106 cm³/mol. The zero-order valence-electron chi connectivity index (χ0n) is 15.0. The van der Waals surface area contributed by atoms with Crippen LogP contribution in [0.25, 0.3) is 5.69 Å². The van der Waals surface area contributed by atoms with Gasteiger partial charge in [0.05, 0.1) is 18.5 Å². The number of halogens is 1. The van der Waals surface area contributed by atoms with Crippen LogP contribution in [0.3, 0.4) is 0 Å². The van der Waals surface area contributed by atoms with Crippen molar-refractivity contribution in [3.8, 4) is 11.4 Å². The second-order valence-corrected chi connectivity index (χ2v) is 6.96. The third-order valence-electron chi connectivity index (χ3n) is 4.65. The van der Waals surface area contributed by atoms with E-state index in [0.717, 1.165) is 29.0 Å². The van der Waals surface area contributed by atoms with Crippen molar-refractivity contribution in [2.45, 2.75) is 25.7 Å². The molecule has 138 valence electrons. The number of fused-ring (bicyclic) bond motifs is 1. The third-order valence-corrected chi connectivity index (χ3v) is 4.90. The lowest BCUT2D eigenvalue weighted by Crippen LogP contribution is -2.25. The van der Waals surface area contributed by atoms with E-state index >= 15 is 0 Å². The summed E-state index contributed by atoms with van der Waals surface area (Å²) in [5.41, 5.74) is 2.84. The highest BCUT2D eigenvalue weighted by Gasteiger charge is 2.32. The number of amides is 1. The van der Waals surface area contributed by atoms with Crippen LogP contribution < -0.4 is 10.1 Å². The molecule has 1 aromatic heterocycles. The summed E-state index contributed by atoms with van der Waals surface area (Å²) in [6.07, 6.45) is 3.12. The Kier molecular flexibility index (Phi) is 4.86. The number of anilines is 1. The highest BCUT2D eigenvalue weighted by Crippen LogP contribution is 2.41. The van der Waals surface area contributed by atoms with Gasteiger partial charge in [0.15, 0.2) is 0 Å². The number of nitrogens with zero attached hydrogens (tertiary/aromatic N) is 2. The molecule has 6 heteroatoms. The molecule has 1 aliphatic rings. The van der Waals surface area contributed by atoms with Gasteiger partial charge < -0.3 is 10.1 Å². The van der Waals surface area contributed by atoms with Crippen LogP contribution in [0.1, 0.15) is 36.8 Å². The van der Waals surface area contributed by atoms with Gasteiger partial charge in [0.1, 0.15) is 11.6 Å².